The van der Waals surface area contributed by atoms with Gasteiger partial charge in [-0.3, -0.25) is 4.79 Å². The Balaban J connectivity index is 3.18. The van der Waals surface area contributed by atoms with Gasteiger partial charge in [0.1, 0.15) is 0 Å². The molecule has 0 bridgehead atoms. The zero-order valence-corrected chi connectivity index (χ0v) is 8.10. The molecular weight excluding hydrogens is 150 g/mol. The Hall–Kier alpha value is -0.790. The summed E-state index contributed by atoms with van der Waals surface area (Å²) in [6, 6.07) is 0. The van der Waals surface area contributed by atoms with E-state index in [-0.39, 0.29) is 5.91 Å². The highest BCUT2D eigenvalue weighted by molar-refractivity contribution is 5.87. The lowest BCUT2D eigenvalue weighted by atomic mass is 10.1. The first-order valence-corrected chi connectivity index (χ1v) is 4.69. The van der Waals surface area contributed by atoms with Crippen molar-refractivity contribution in [3.63, 3.8) is 0 Å². The van der Waals surface area contributed by atoms with Crippen LogP contribution in [-0.2, 0) is 4.79 Å². The quantitative estimate of drug-likeness (QED) is 0.479. The van der Waals surface area contributed by atoms with Gasteiger partial charge in [0, 0.05) is 7.05 Å². The Morgan fingerprint density at radius 2 is 2.08 bits per heavy atom. The number of hydrogen-bond acceptors (Lipinski definition) is 1. The van der Waals surface area contributed by atoms with Crippen LogP contribution in [0, 0.1) is 0 Å². The van der Waals surface area contributed by atoms with Crippen molar-refractivity contribution in [2.24, 2.45) is 0 Å². The predicted molar refractivity (Wildman–Crippen MR) is 52.0 cm³/mol. The first kappa shape index (κ1) is 11.2. The van der Waals surface area contributed by atoms with Crippen LogP contribution in [-0.4, -0.2) is 13.0 Å². The number of hydrogen-bond donors (Lipinski definition) is 1. The molecule has 2 nitrogen and oxygen atoms in total. The second-order valence-corrected chi connectivity index (χ2v) is 2.87. The predicted octanol–water partition coefficient (Wildman–Crippen LogP) is 2.26. The average Bonchev–Trinajstić information content (AvgIpc) is 2.10. The Morgan fingerprint density at radius 1 is 1.33 bits per heavy atom. The summed E-state index contributed by atoms with van der Waals surface area (Å²) in [6.45, 7) is 2.19. The fourth-order valence-electron chi connectivity index (χ4n) is 0.963. The summed E-state index contributed by atoms with van der Waals surface area (Å²) < 4.78 is 0. The number of nitrogens with one attached hydrogen (secondary N) is 1. The molecule has 0 aliphatic heterocycles. The van der Waals surface area contributed by atoms with Crippen LogP contribution in [0.15, 0.2) is 12.2 Å². The molecule has 0 atom stereocenters. The number of unbranched alkanes of at least 4 members (excludes halogenated alkanes) is 4. The monoisotopic (exact) mass is 169 g/mol. The van der Waals surface area contributed by atoms with E-state index in [4.69, 9.17) is 0 Å². The van der Waals surface area contributed by atoms with Gasteiger partial charge in [-0.1, -0.05) is 32.3 Å². The minimum atomic E-state index is -0.00880. The Bertz CT molecular complexity index is 141. The first-order valence-electron chi connectivity index (χ1n) is 4.69. The number of rotatable bonds is 6. The van der Waals surface area contributed by atoms with E-state index in [2.05, 4.69) is 12.2 Å². The minimum Gasteiger partial charge on any atom is -0.356 e. The lowest BCUT2D eigenvalue weighted by molar-refractivity contribution is -0.116. The van der Waals surface area contributed by atoms with Gasteiger partial charge in [0.15, 0.2) is 0 Å². The molecule has 0 aromatic heterocycles. The van der Waals surface area contributed by atoms with Gasteiger partial charge >= 0.3 is 0 Å². The van der Waals surface area contributed by atoms with Gasteiger partial charge in [-0.2, -0.15) is 0 Å². The fourth-order valence-corrected chi connectivity index (χ4v) is 0.963. The summed E-state index contributed by atoms with van der Waals surface area (Å²) in [7, 11) is 1.64. The van der Waals surface area contributed by atoms with E-state index in [0.717, 1.165) is 6.42 Å². The lowest BCUT2D eigenvalue weighted by Gasteiger charge is -1.94. The maximum absolute atomic E-state index is 10.7. The molecule has 0 rings (SSSR count). The molecule has 0 aliphatic rings. The van der Waals surface area contributed by atoms with Gasteiger partial charge in [0.2, 0.25) is 5.91 Å². The van der Waals surface area contributed by atoms with E-state index in [1.54, 1.807) is 13.1 Å². The third-order valence-electron chi connectivity index (χ3n) is 1.74. The van der Waals surface area contributed by atoms with E-state index in [0.29, 0.717) is 0 Å². The zero-order valence-electron chi connectivity index (χ0n) is 8.10. The highest BCUT2D eigenvalue weighted by Crippen LogP contribution is 2.02. The molecule has 1 amide bonds. The van der Waals surface area contributed by atoms with Crippen molar-refractivity contribution < 1.29 is 4.79 Å². The highest BCUT2D eigenvalue weighted by Gasteiger charge is 1.87. The van der Waals surface area contributed by atoms with Gasteiger partial charge < -0.3 is 5.32 Å². The SMILES string of the molecule is CCCCCCC=CC(=O)NC. The van der Waals surface area contributed by atoms with Gasteiger partial charge in [-0.05, 0) is 18.9 Å². The number of allylic oxidation sites excluding steroid dienone is 1. The summed E-state index contributed by atoms with van der Waals surface area (Å²) in [5.41, 5.74) is 0. The standard InChI is InChI=1S/C10H19NO/c1-3-4-5-6-7-8-9-10(12)11-2/h8-9H,3-7H2,1-2H3,(H,11,12). The van der Waals surface area contributed by atoms with Crippen molar-refractivity contribution in [3.05, 3.63) is 12.2 Å². The number of carbonyl (C=O) groups excluding carboxylic acids is 1. The van der Waals surface area contributed by atoms with Crippen LogP contribution in [0.4, 0.5) is 0 Å². The highest BCUT2D eigenvalue weighted by atomic mass is 16.1. The molecule has 0 saturated carbocycles. The normalized spacial score (nSPS) is 10.5. The van der Waals surface area contributed by atoms with E-state index < -0.39 is 0 Å². The summed E-state index contributed by atoms with van der Waals surface area (Å²) in [4.78, 5) is 10.7. The van der Waals surface area contributed by atoms with Crippen LogP contribution in [0.1, 0.15) is 39.0 Å². The van der Waals surface area contributed by atoms with E-state index in [1.807, 2.05) is 6.08 Å². The van der Waals surface area contributed by atoms with Crippen molar-refractivity contribution in [3.8, 4) is 0 Å². The van der Waals surface area contributed by atoms with E-state index in [1.165, 1.54) is 25.7 Å². The number of amides is 1. The molecule has 0 saturated heterocycles. The smallest absolute Gasteiger partial charge is 0.243 e. The molecule has 0 aromatic carbocycles. The van der Waals surface area contributed by atoms with Crippen molar-refractivity contribution in [1.82, 2.24) is 5.32 Å². The van der Waals surface area contributed by atoms with E-state index >= 15 is 0 Å². The Kier molecular flexibility index (Phi) is 7.76. The fraction of sp³-hybridized carbons (Fsp3) is 0.700. The second-order valence-electron chi connectivity index (χ2n) is 2.87. The molecule has 0 spiro atoms. The van der Waals surface area contributed by atoms with Crippen molar-refractivity contribution in [1.29, 1.82) is 0 Å². The van der Waals surface area contributed by atoms with Gasteiger partial charge in [0.25, 0.3) is 0 Å². The molecule has 12 heavy (non-hydrogen) atoms. The molecule has 0 aromatic rings. The van der Waals surface area contributed by atoms with E-state index in [9.17, 15) is 4.79 Å². The molecular formula is C10H19NO. The summed E-state index contributed by atoms with van der Waals surface area (Å²) in [5.74, 6) is -0.00880. The maximum atomic E-state index is 10.7. The topological polar surface area (TPSA) is 29.1 Å². The van der Waals surface area contributed by atoms with Gasteiger partial charge in [0.05, 0.1) is 0 Å². The third kappa shape index (κ3) is 7.32. The van der Waals surface area contributed by atoms with Gasteiger partial charge in [-0.15, -0.1) is 0 Å². The molecule has 0 heterocycles. The second kappa shape index (κ2) is 8.31. The maximum Gasteiger partial charge on any atom is 0.243 e. The first-order chi connectivity index (χ1) is 5.81. The Morgan fingerprint density at radius 3 is 2.67 bits per heavy atom. The summed E-state index contributed by atoms with van der Waals surface area (Å²) in [5, 5.41) is 2.54. The molecule has 0 radical (unpaired) electrons. The van der Waals surface area contributed by atoms with Crippen LogP contribution in [0.2, 0.25) is 0 Å². The lowest BCUT2D eigenvalue weighted by Crippen LogP contribution is -2.13. The molecule has 0 fully saturated rings. The Labute approximate surface area is 75.0 Å². The largest absolute Gasteiger partial charge is 0.356 e. The molecule has 0 aliphatic carbocycles. The number of carbonyl (C=O) groups is 1. The molecule has 70 valence electrons. The van der Waals surface area contributed by atoms with Crippen LogP contribution < -0.4 is 5.32 Å². The van der Waals surface area contributed by atoms with Crippen LogP contribution >= 0.6 is 0 Å². The minimum absolute atomic E-state index is 0.00880. The van der Waals surface area contributed by atoms with Crippen molar-refractivity contribution in [2.45, 2.75) is 39.0 Å². The zero-order chi connectivity index (χ0) is 9.23. The average molecular weight is 169 g/mol. The third-order valence-corrected chi connectivity index (χ3v) is 1.74. The number of likely N-dealkylation sites (N-methyl/N-ethyl adjacent to an activating group) is 1. The van der Waals surface area contributed by atoms with Crippen molar-refractivity contribution >= 4 is 5.91 Å². The van der Waals surface area contributed by atoms with Crippen LogP contribution in [0.25, 0.3) is 0 Å². The molecule has 0 unspecified atom stereocenters. The summed E-state index contributed by atoms with van der Waals surface area (Å²) in [6.07, 6.45) is 9.59. The molecule has 1 N–H and O–H groups in total. The van der Waals surface area contributed by atoms with Crippen LogP contribution in [0.5, 0.6) is 0 Å². The van der Waals surface area contributed by atoms with Crippen molar-refractivity contribution in [2.75, 3.05) is 7.05 Å². The molecule has 2 heteroatoms. The summed E-state index contributed by atoms with van der Waals surface area (Å²) >= 11 is 0. The van der Waals surface area contributed by atoms with Crippen LogP contribution in [0.3, 0.4) is 0 Å². The van der Waals surface area contributed by atoms with Gasteiger partial charge in [-0.25, -0.2) is 0 Å².